The summed E-state index contributed by atoms with van der Waals surface area (Å²) in [6.07, 6.45) is 3.63. The highest BCUT2D eigenvalue weighted by Gasteiger charge is 2.02. The van der Waals surface area contributed by atoms with Crippen LogP contribution in [0.15, 0.2) is 36.9 Å². The van der Waals surface area contributed by atoms with Crippen LogP contribution < -0.4 is 0 Å². The van der Waals surface area contributed by atoms with Gasteiger partial charge in [-0.1, -0.05) is 18.2 Å². The fourth-order valence-corrected chi connectivity index (χ4v) is 1.29. The second-order valence-corrected chi connectivity index (χ2v) is 3.17. The first-order valence-corrected chi connectivity index (χ1v) is 4.66. The standard InChI is InChI=1S/C12H15FO/c1-3-12(14-2)9-6-10-4-7-11(13)8-5-10/h3-5,7-8,12H,1,6,9H2,2H3. The zero-order valence-electron chi connectivity index (χ0n) is 8.37. The smallest absolute Gasteiger partial charge is 0.123 e. The average molecular weight is 194 g/mol. The number of ether oxygens (including phenoxy) is 1. The molecule has 0 spiro atoms. The maximum atomic E-state index is 12.6. The van der Waals surface area contributed by atoms with Crippen LogP contribution in [0, 0.1) is 5.82 Å². The molecule has 1 rings (SSSR count). The summed E-state index contributed by atoms with van der Waals surface area (Å²) in [6.45, 7) is 3.67. The van der Waals surface area contributed by atoms with Crippen LogP contribution in [-0.4, -0.2) is 13.2 Å². The van der Waals surface area contributed by atoms with Gasteiger partial charge in [0, 0.05) is 7.11 Å². The minimum Gasteiger partial charge on any atom is -0.377 e. The Morgan fingerprint density at radius 1 is 1.43 bits per heavy atom. The van der Waals surface area contributed by atoms with E-state index in [1.165, 1.54) is 12.1 Å². The van der Waals surface area contributed by atoms with Crippen LogP contribution in [0.25, 0.3) is 0 Å². The molecule has 0 heterocycles. The van der Waals surface area contributed by atoms with E-state index < -0.39 is 0 Å². The third-order valence-electron chi connectivity index (χ3n) is 2.20. The molecule has 0 radical (unpaired) electrons. The molecule has 0 amide bonds. The van der Waals surface area contributed by atoms with Crippen molar-refractivity contribution in [1.82, 2.24) is 0 Å². The minimum atomic E-state index is -0.194. The molecule has 0 N–H and O–H groups in total. The number of hydrogen-bond donors (Lipinski definition) is 0. The van der Waals surface area contributed by atoms with Crippen LogP contribution in [0.5, 0.6) is 0 Å². The maximum absolute atomic E-state index is 12.6. The van der Waals surface area contributed by atoms with Gasteiger partial charge in [-0.3, -0.25) is 0 Å². The van der Waals surface area contributed by atoms with Crippen LogP contribution in [0.4, 0.5) is 4.39 Å². The van der Waals surface area contributed by atoms with E-state index in [-0.39, 0.29) is 11.9 Å². The molecule has 1 atom stereocenters. The second kappa shape index (κ2) is 5.55. The van der Waals surface area contributed by atoms with Crippen LogP contribution in [0.3, 0.4) is 0 Å². The van der Waals surface area contributed by atoms with Crippen molar-refractivity contribution in [2.45, 2.75) is 18.9 Å². The van der Waals surface area contributed by atoms with Gasteiger partial charge in [0.2, 0.25) is 0 Å². The zero-order chi connectivity index (χ0) is 10.4. The number of benzene rings is 1. The second-order valence-electron chi connectivity index (χ2n) is 3.17. The van der Waals surface area contributed by atoms with Gasteiger partial charge in [0.05, 0.1) is 6.10 Å². The minimum absolute atomic E-state index is 0.0834. The van der Waals surface area contributed by atoms with Gasteiger partial charge in [-0.2, -0.15) is 0 Å². The van der Waals surface area contributed by atoms with Crippen molar-refractivity contribution in [3.63, 3.8) is 0 Å². The Hall–Kier alpha value is -1.15. The van der Waals surface area contributed by atoms with Crippen molar-refractivity contribution < 1.29 is 9.13 Å². The van der Waals surface area contributed by atoms with Gasteiger partial charge in [0.15, 0.2) is 0 Å². The molecule has 0 aliphatic carbocycles. The quantitative estimate of drug-likeness (QED) is 0.655. The summed E-state index contributed by atoms with van der Waals surface area (Å²) >= 11 is 0. The molecule has 1 aromatic carbocycles. The number of aryl methyl sites for hydroxylation is 1. The Morgan fingerprint density at radius 2 is 2.07 bits per heavy atom. The molecular formula is C12H15FO. The van der Waals surface area contributed by atoms with Crippen LogP contribution >= 0.6 is 0 Å². The zero-order valence-corrected chi connectivity index (χ0v) is 8.37. The molecule has 1 aromatic rings. The number of halogens is 1. The fourth-order valence-electron chi connectivity index (χ4n) is 1.29. The Morgan fingerprint density at radius 3 is 2.57 bits per heavy atom. The summed E-state index contributed by atoms with van der Waals surface area (Å²) in [5.41, 5.74) is 1.12. The Bertz CT molecular complexity index is 279. The van der Waals surface area contributed by atoms with E-state index in [2.05, 4.69) is 6.58 Å². The van der Waals surface area contributed by atoms with Crippen molar-refractivity contribution in [1.29, 1.82) is 0 Å². The summed E-state index contributed by atoms with van der Waals surface area (Å²) < 4.78 is 17.7. The average Bonchev–Trinajstić information content (AvgIpc) is 2.22. The molecule has 0 fully saturated rings. The van der Waals surface area contributed by atoms with Crippen LogP contribution in [0.2, 0.25) is 0 Å². The molecule has 0 aliphatic rings. The fraction of sp³-hybridized carbons (Fsp3) is 0.333. The summed E-state index contributed by atoms with van der Waals surface area (Å²) in [4.78, 5) is 0. The summed E-state index contributed by atoms with van der Waals surface area (Å²) in [6, 6.07) is 6.55. The first-order chi connectivity index (χ1) is 6.76. The monoisotopic (exact) mass is 194 g/mol. The molecule has 1 nitrogen and oxygen atoms in total. The van der Waals surface area contributed by atoms with Crippen molar-refractivity contribution >= 4 is 0 Å². The van der Waals surface area contributed by atoms with E-state index in [4.69, 9.17) is 4.74 Å². The van der Waals surface area contributed by atoms with Crippen molar-refractivity contribution in [3.05, 3.63) is 48.3 Å². The summed E-state index contributed by atoms with van der Waals surface area (Å²) in [5.74, 6) is -0.194. The topological polar surface area (TPSA) is 9.23 Å². The first-order valence-electron chi connectivity index (χ1n) is 4.66. The number of rotatable bonds is 5. The predicted molar refractivity (Wildman–Crippen MR) is 55.7 cm³/mol. The Balaban J connectivity index is 2.45. The molecule has 1 unspecified atom stereocenters. The van der Waals surface area contributed by atoms with E-state index >= 15 is 0 Å². The Kier molecular flexibility index (Phi) is 4.33. The van der Waals surface area contributed by atoms with Crippen molar-refractivity contribution in [3.8, 4) is 0 Å². The van der Waals surface area contributed by atoms with Gasteiger partial charge >= 0.3 is 0 Å². The van der Waals surface area contributed by atoms with E-state index in [0.717, 1.165) is 18.4 Å². The lowest BCUT2D eigenvalue weighted by molar-refractivity contribution is 0.134. The molecule has 0 aromatic heterocycles. The molecule has 0 saturated carbocycles. The largest absolute Gasteiger partial charge is 0.377 e. The van der Waals surface area contributed by atoms with E-state index in [1.54, 1.807) is 25.3 Å². The molecular weight excluding hydrogens is 179 g/mol. The summed E-state index contributed by atoms with van der Waals surface area (Å²) in [5, 5.41) is 0. The normalized spacial score (nSPS) is 12.4. The third-order valence-corrected chi connectivity index (χ3v) is 2.20. The van der Waals surface area contributed by atoms with E-state index in [0.29, 0.717) is 0 Å². The van der Waals surface area contributed by atoms with E-state index in [9.17, 15) is 4.39 Å². The van der Waals surface area contributed by atoms with Gasteiger partial charge in [0.25, 0.3) is 0 Å². The van der Waals surface area contributed by atoms with Gasteiger partial charge in [0.1, 0.15) is 5.82 Å². The van der Waals surface area contributed by atoms with Gasteiger partial charge in [-0.25, -0.2) is 4.39 Å². The SMILES string of the molecule is C=CC(CCc1ccc(F)cc1)OC. The molecule has 0 bridgehead atoms. The molecule has 2 heteroatoms. The lowest BCUT2D eigenvalue weighted by Crippen LogP contribution is -2.07. The van der Waals surface area contributed by atoms with E-state index in [1.807, 2.05) is 0 Å². The van der Waals surface area contributed by atoms with Gasteiger partial charge in [-0.05, 0) is 30.5 Å². The maximum Gasteiger partial charge on any atom is 0.123 e. The highest BCUT2D eigenvalue weighted by Crippen LogP contribution is 2.08. The highest BCUT2D eigenvalue weighted by atomic mass is 19.1. The number of hydrogen-bond acceptors (Lipinski definition) is 1. The predicted octanol–water partition coefficient (Wildman–Crippen LogP) is 2.96. The molecule has 0 aliphatic heterocycles. The molecule has 76 valence electrons. The lowest BCUT2D eigenvalue weighted by atomic mass is 10.1. The lowest BCUT2D eigenvalue weighted by Gasteiger charge is -2.09. The van der Waals surface area contributed by atoms with Gasteiger partial charge in [-0.15, -0.1) is 6.58 Å². The van der Waals surface area contributed by atoms with Gasteiger partial charge < -0.3 is 4.74 Å². The summed E-state index contributed by atoms with van der Waals surface area (Å²) in [7, 11) is 1.66. The highest BCUT2D eigenvalue weighted by molar-refractivity contribution is 5.16. The van der Waals surface area contributed by atoms with Crippen molar-refractivity contribution in [2.24, 2.45) is 0 Å². The van der Waals surface area contributed by atoms with Crippen LogP contribution in [-0.2, 0) is 11.2 Å². The van der Waals surface area contributed by atoms with Crippen molar-refractivity contribution in [2.75, 3.05) is 7.11 Å². The first kappa shape index (κ1) is 10.9. The molecule has 0 saturated heterocycles. The third kappa shape index (κ3) is 3.30. The molecule has 14 heavy (non-hydrogen) atoms. The number of methoxy groups -OCH3 is 1. The van der Waals surface area contributed by atoms with Crippen LogP contribution in [0.1, 0.15) is 12.0 Å². The Labute approximate surface area is 84.2 Å².